The fraction of sp³-hybridized carbons (Fsp3) is 0.353. The summed E-state index contributed by atoms with van der Waals surface area (Å²) >= 11 is 0. The fourth-order valence-electron chi connectivity index (χ4n) is 2.09. The Morgan fingerprint density at radius 2 is 1.90 bits per heavy atom. The van der Waals surface area contributed by atoms with Gasteiger partial charge in [-0.15, -0.1) is 0 Å². The molecule has 0 unspecified atom stereocenters. The summed E-state index contributed by atoms with van der Waals surface area (Å²) in [4.78, 5) is 6.45. The second kappa shape index (κ2) is 7.78. The first-order chi connectivity index (χ1) is 9.74. The van der Waals surface area contributed by atoms with Crippen molar-refractivity contribution in [1.82, 2.24) is 15.2 Å². The van der Waals surface area contributed by atoms with Gasteiger partial charge in [0.1, 0.15) is 0 Å². The third kappa shape index (κ3) is 5.11. The van der Waals surface area contributed by atoms with Gasteiger partial charge >= 0.3 is 0 Å². The average Bonchev–Trinajstić information content (AvgIpc) is 2.47. The highest BCUT2D eigenvalue weighted by molar-refractivity contribution is 5.21. The van der Waals surface area contributed by atoms with Crippen molar-refractivity contribution in [1.29, 1.82) is 0 Å². The van der Waals surface area contributed by atoms with E-state index in [-0.39, 0.29) is 0 Å². The number of likely N-dealkylation sites (N-methyl/N-ethyl adjacent to an activating group) is 1. The number of aryl methyl sites for hydroxylation is 1. The molecule has 0 aliphatic rings. The van der Waals surface area contributed by atoms with Crippen molar-refractivity contribution in [2.75, 3.05) is 20.1 Å². The summed E-state index contributed by atoms with van der Waals surface area (Å²) in [5, 5.41) is 3.45. The number of aromatic nitrogens is 1. The molecule has 0 saturated carbocycles. The summed E-state index contributed by atoms with van der Waals surface area (Å²) in [7, 11) is 2.16. The summed E-state index contributed by atoms with van der Waals surface area (Å²) < 4.78 is 0. The van der Waals surface area contributed by atoms with Crippen LogP contribution in [0.2, 0.25) is 0 Å². The Balaban J connectivity index is 1.65. The molecule has 106 valence electrons. The van der Waals surface area contributed by atoms with Gasteiger partial charge in [0.2, 0.25) is 0 Å². The second-order valence-electron chi connectivity index (χ2n) is 5.26. The van der Waals surface area contributed by atoms with Crippen molar-refractivity contribution in [2.24, 2.45) is 0 Å². The predicted octanol–water partition coefficient (Wildman–Crippen LogP) is 2.61. The number of hydrogen-bond donors (Lipinski definition) is 1. The van der Waals surface area contributed by atoms with Crippen molar-refractivity contribution >= 4 is 0 Å². The van der Waals surface area contributed by atoms with Gasteiger partial charge in [0.15, 0.2) is 0 Å². The molecule has 1 aromatic carbocycles. The number of hydrogen-bond acceptors (Lipinski definition) is 3. The van der Waals surface area contributed by atoms with E-state index >= 15 is 0 Å². The minimum absolute atomic E-state index is 0.881. The first-order valence-corrected chi connectivity index (χ1v) is 7.08. The molecule has 1 aromatic heterocycles. The fourth-order valence-corrected chi connectivity index (χ4v) is 2.09. The topological polar surface area (TPSA) is 28.2 Å². The molecule has 0 fully saturated rings. The van der Waals surface area contributed by atoms with Crippen LogP contribution in [0.4, 0.5) is 0 Å². The van der Waals surface area contributed by atoms with Gasteiger partial charge in [-0.05, 0) is 31.2 Å². The Kier molecular flexibility index (Phi) is 5.71. The molecular formula is C17H23N3. The van der Waals surface area contributed by atoms with Gasteiger partial charge in [-0.1, -0.05) is 35.9 Å². The normalized spacial score (nSPS) is 10.9. The molecule has 1 heterocycles. The molecule has 0 aliphatic heterocycles. The maximum atomic E-state index is 4.11. The Morgan fingerprint density at radius 3 is 2.60 bits per heavy atom. The Labute approximate surface area is 121 Å². The number of pyridine rings is 1. The molecule has 0 atom stereocenters. The second-order valence-corrected chi connectivity index (χ2v) is 5.26. The van der Waals surface area contributed by atoms with Gasteiger partial charge in [0.05, 0.1) is 0 Å². The molecular weight excluding hydrogens is 246 g/mol. The van der Waals surface area contributed by atoms with Gasteiger partial charge in [0, 0.05) is 38.6 Å². The van der Waals surface area contributed by atoms with Gasteiger partial charge in [-0.3, -0.25) is 4.98 Å². The highest BCUT2D eigenvalue weighted by Gasteiger charge is 2.00. The van der Waals surface area contributed by atoms with E-state index in [4.69, 9.17) is 0 Å². The summed E-state index contributed by atoms with van der Waals surface area (Å²) in [6.07, 6.45) is 3.71. The third-order valence-electron chi connectivity index (χ3n) is 3.30. The predicted molar refractivity (Wildman–Crippen MR) is 83.5 cm³/mol. The van der Waals surface area contributed by atoms with Crippen LogP contribution in [0.3, 0.4) is 0 Å². The standard InChI is InChI=1S/C17H23N3/c1-15-5-7-16(8-6-15)14-20(2)11-10-19-13-17-4-3-9-18-12-17/h3-9,12,19H,10-11,13-14H2,1-2H3. The summed E-state index contributed by atoms with van der Waals surface area (Å²) in [6, 6.07) is 12.8. The molecule has 0 amide bonds. The maximum Gasteiger partial charge on any atom is 0.0312 e. The summed E-state index contributed by atoms with van der Waals surface area (Å²) in [6.45, 7) is 6.02. The van der Waals surface area contributed by atoms with Crippen LogP contribution in [0.15, 0.2) is 48.8 Å². The van der Waals surface area contributed by atoms with E-state index in [1.54, 1.807) is 6.20 Å². The van der Waals surface area contributed by atoms with Crippen molar-refractivity contribution in [3.8, 4) is 0 Å². The molecule has 0 saturated heterocycles. The van der Waals surface area contributed by atoms with E-state index in [0.717, 1.165) is 26.2 Å². The van der Waals surface area contributed by atoms with E-state index in [9.17, 15) is 0 Å². The third-order valence-corrected chi connectivity index (χ3v) is 3.30. The van der Waals surface area contributed by atoms with Gasteiger partial charge in [0.25, 0.3) is 0 Å². The van der Waals surface area contributed by atoms with E-state index < -0.39 is 0 Å². The molecule has 1 N–H and O–H groups in total. The Bertz CT molecular complexity index is 493. The lowest BCUT2D eigenvalue weighted by molar-refractivity contribution is 0.324. The molecule has 0 bridgehead atoms. The van der Waals surface area contributed by atoms with E-state index in [1.165, 1.54) is 16.7 Å². The number of benzene rings is 1. The largest absolute Gasteiger partial charge is 0.311 e. The van der Waals surface area contributed by atoms with Crippen LogP contribution in [0.1, 0.15) is 16.7 Å². The van der Waals surface area contributed by atoms with Crippen LogP contribution < -0.4 is 5.32 Å². The number of nitrogens with one attached hydrogen (secondary N) is 1. The SMILES string of the molecule is Cc1ccc(CN(C)CCNCc2cccnc2)cc1. The molecule has 0 radical (unpaired) electrons. The van der Waals surface area contributed by atoms with E-state index in [2.05, 4.69) is 59.5 Å². The van der Waals surface area contributed by atoms with Crippen molar-refractivity contribution in [3.05, 3.63) is 65.5 Å². The zero-order valence-corrected chi connectivity index (χ0v) is 12.3. The van der Waals surface area contributed by atoms with Gasteiger partial charge in [-0.2, -0.15) is 0 Å². The smallest absolute Gasteiger partial charge is 0.0312 e. The van der Waals surface area contributed by atoms with Crippen LogP contribution in [0.5, 0.6) is 0 Å². The quantitative estimate of drug-likeness (QED) is 0.783. The van der Waals surface area contributed by atoms with Crippen LogP contribution in [0, 0.1) is 6.92 Å². The molecule has 3 heteroatoms. The van der Waals surface area contributed by atoms with Gasteiger partial charge in [-0.25, -0.2) is 0 Å². The summed E-state index contributed by atoms with van der Waals surface area (Å²) in [5.41, 5.74) is 3.91. The highest BCUT2D eigenvalue weighted by Crippen LogP contribution is 2.05. The first-order valence-electron chi connectivity index (χ1n) is 7.08. The minimum Gasteiger partial charge on any atom is -0.311 e. The Morgan fingerprint density at radius 1 is 1.10 bits per heavy atom. The Hall–Kier alpha value is -1.71. The van der Waals surface area contributed by atoms with Crippen LogP contribution >= 0.6 is 0 Å². The molecule has 0 aliphatic carbocycles. The van der Waals surface area contributed by atoms with Crippen LogP contribution in [0.25, 0.3) is 0 Å². The lowest BCUT2D eigenvalue weighted by Gasteiger charge is -2.17. The molecule has 2 rings (SSSR count). The maximum absolute atomic E-state index is 4.11. The number of rotatable bonds is 7. The zero-order chi connectivity index (χ0) is 14.2. The van der Waals surface area contributed by atoms with E-state index in [0.29, 0.717) is 0 Å². The lowest BCUT2D eigenvalue weighted by atomic mass is 10.1. The molecule has 3 nitrogen and oxygen atoms in total. The average molecular weight is 269 g/mol. The zero-order valence-electron chi connectivity index (χ0n) is 12.3. The van der Waals surface area contributed by atoms with Crippen molar-refractivity contribution in [2.45, 2.75) is 20.0 Å². The lowest BCUT2D eigenvalue weighted by Crippen LogP contribution is -2.28. The van der Waals surface area contributed by atoms with Gasteiger partial charge < -0.3 is 10.2 Å². The monoisotopic (exact) mass is 269 g/mol. The van der Waals surface area contributed by atoms with Crippen molar-refractivity contribution in [3.63, 3.8) is 0 Å². The van der Waals surface area contributed by atoms with Crippen molar-refractivity contribution < 1.29 is 0 Å². The molecule has 20 heavy (non-hydrogen) atoms. The van der Waals surface area contributed by atoms with Crippen LogP contribution in [-0.2, 0) is 13.1 Å². The minimum atomic E-state index is 0.881. The number of nitrogens with zero attached hydrogens (tertiary/aromatic N) is 2. The first kappa shape index (κ1) is 14.7. The van der Waals surface area contributed by atoms with E-state index in [1.807, 2.05) is 12.3 Å². The molecule has 2 aromatic rings. The highest BCUT2D eigenvalue weighted by atomic mass is 15.1. The molecule has 0 spiro atoms. The summed E-state index contributed by atoms with van der Waals surface area (Å²) in [5.74, 6) is 0. The van der Waals surface area contributed by atoms with Crippen LogP contribution in [-0.4, -0.2) is 30.0 Å².